The topological polar surface area (TPSA) is 12.0 Å². The van der Waals surface area contributed by atoms with Gasteiger partial charge in [0.15, 0.2) is 0 Å². The number of para-hydroxylation sites is 1. The van der Waals surface area contributed by atoms with Crippen LogP contribution in [0.2, 0.25) is 0 Å². The SMILES string of the molecule is CC(C)(C)CCNc1ccccc1F. The summed E-state index contributed by atoms with van der Waals surface area (Å²) in [6.45, 7) is 7.34. The first-order chi connectivity index (χ1) is 6.49. The molecule has 0 unspecified atom stereocenters. The first kappa shape index (κ1) is 11.0. The van der Waals surface area contributed by atoms with Crippen LogP contribution in [0.1, 0.15) is 27.2 Å². The molecule has 1 nitrogen and oxygen atoms in total. The fourth-order valence-electron chi connectivity index (χ4n) is 1.18. The normalized spacial score (nSPS) is 11.4. The van der Waals surface area contributed by atoms with Crippen LogP contribution < -0.4 is 5.32 Å². The van der Waals surface area contributed by atoms with Crippen molar-refractivity contribution in [3.63, 3.8) is 0 Å². The molecule has 0 bridgehead atoms. The van der Waals surface area contributed by atoms with E-state index < -0.39 is 0 Å². The van der Waals surface area contributed by atoms with Crippen molar-refractivity contribution >= 4 is 5.69 Å². The molecule has 0 aromatic heterocycles. The first-order valence-corrected chi connectivity index (χ1v) is 4.97. The molecule has 0 aliphatic rings. The van der Waals surface area contributed by atoms with Crippen LogP contribution >= 0.6 is 0 Å². The molecular formula is C12H18FN. The van der Waals surface area contributed by atoms with Gasteiger partial charge in [0.05, 0.1) is 5.69 Å². The van der Waals surface area contributed by atoms with Gasteiger partial charge in [-0.05, 0) is 24.0 Å². The molecule has 0 spiro atoms. The average Bonchev–Trinajstić information content (AvgIpc) is 2.06. The van der Waals surface area contributed by atoms with Crippen molar-refractivity contribution in [1.29, 1.82) is 0 Å². The van der Waals surface area contributed by atoms with Gasteiger partial charge >= 0.3 is 0 Å². The molecule has 78 valence electrons. The molecule has 0 saturated carbocycles. The minimum absolute atomic E-state index is 0.179. The van der Waals surface area contributed by atoms with E-state index in [1.165, 1.54) is 6.07 Å². The summed E-state index contributed by atoms with van der Waals surface area (Å²) < 4.78 is 13.1. The number of anilines is 1. The Kier molecular flexibility index (Phi) is 3.50. The van der Waals surface area contributed by atoms with E-state index in [0.29, 0.717) is 5.69 Å². The van der Waals surface area contributed by atoms with Crippen molar-refractivity contribution in [3.05, 3.63) is 30.1 Å². The van der Waals surface area contributed by atoms with Crippen LogP contribution in [0.4, 0.5) is 10.1 Å². The molecule has 0 aliphatic carbocycles. The lowest BCUT2D eigenvalue weighted by Crippen LogP contribution is -2.13. The number of nitrogens with one attached hydrogen (secondary N) is 1. The summed E-state index contributed by atoms with van der Waals surface area (Å²) in [5.41, 5.74) is 0.884. The molecule has 0 heterocycles. The van der Waals surface area contributed by atoms with E-state index >= 15 is 0 Å². The smallest absolute Gasteiger partial charge is 0.146 e. The summed E-state index contributed by atoms with van der Waals surface area (Å²) in [4.78, 5) is 0. The lowest BCUT2D eigenvalue weighted by molar-refractivity contribution is 0.389. The van der Waals surface area contributed by atoms with Crippen molar-refractivity contribution in [2.45, 2.75) is 27.2 Å². The van der Waals surface area contributed by atoms with Gasteiger partial charge in [0, 0.05) is 6.54 Å². The van der Waals surface area contributed by atoms with Crippen LogP contribution in [0.3, 0.4) is 0 Å². The van der Waals surface area contributed by atoms with E-state index in [1.54, 1.807) is 12.1 Å². The van der Waals surface area contributed by atoms with Crippen molar-refractivity contribution in [2.75, 3.05) is 11.9 Å². The summed E-state index contributed by atoms with van der Waals surface area (Å²) in [5, 5.41) is 3.09. The largest absolute Gasteiger partial charge is 0.383 e. The molecule has 0 radical (unpaired) electrons. The van der Waals surface area contributed by atoms with Gasteiger partial charge in [0.25, 0.3) is 0 Å². The zero-order valence-electron chi connectivity index (χ0n) is 9.10. The van der Waals surface area contributed by atoms with Gasteiger partial charge < -0.3 is 5.32 Å². The van der Waals surface area contributed by atoms with Gasteiger partial charge in [0.2, 0.25) is 0 Å². The molecule has 2 heteroatoms. The summed E-state index contributed by atoms with van der Waals surface area (Å²) in [6.07, 6.45) is 1.03. The molecule has 0 atom stereocenters. The highest BCUT2D eigenvalue weighted by Gasteiger charge is 2.09. The molecule has 0 aliphatic heterocycles. The number of hydrogen-bond acceptors (Lipinski definition) is 1. The Hall–Kier alpha value is -1.05. The predicted molar refractivity (Wildman–Crippen MR) is 59.0 cm³/mol. The standard InChI is InChI=1S/C12H18FN/c1-12(2,3)8-9-14-11-7-5-4-6-10(11)13/h4-7,14H,8-9H2,1-3H3. The number of rotatable bonds is 3. The molecule has 1 N–H and O–H groups in total. The maximum absolute atomic E-state index is 13.1. The van der Waals surface area contributed by atoms with E-state index in [-0.39, 0.29) is 11.2 Å². The Morgan fingerprint density at radius 1 is 1.21 bits per heavy atom. The molecule has 1 aromatic carbocycles. The van der Waals surface area contributed by atoms with E-state index in [0.717, 1.165) is 13.0 Å². The second kappa shape index (κ2) is 4.45. The highest BCUT2D eigenvalue weighted by atomic mass is 19.1. The zero-order chi connectivity index (χ0) is 10.6. The fourth-order valence-corrected chi connectivity index (χ4v) is 1.18. The zero-order valence-corrected chi connectivity index (χ0v) is 9.10. The van der Waals surface area contributed by atoms with E-state index in [4.69, 9.17) is 0 Å². The summed E-state index contributed by atoms with van der Waals surface area (Å²) in [5.74, 6) is -0.179. The van der Waals surface area contributed by atoms with Gasteiger partial charge in [0.1, 0.15) is 5.82 Å². The molecule has 1 rings (SSSR count). The molecule has 14 heavy (non-hydrogen) atoms. The lowest BCUT2D eigenvalue weighted by Gasteiger charge is -2.18. The van der Waals surface area contributed by atoms with E-state index in [1.807, 2.05) is 6.07 Å². The quantitative estimate of drug-likeness (QED) is 0.775. The second-order valence-electron chi connectivity index (χ2n) is 4.72. The van der Waals surface area contributed by atoms with Crippen LogP contribution in [-0.2, 0) is 0 Å². The summed E-state index contributed by atoms with van der Waals surface area (Å²) in [6, 6.07) is 6.77. The third kappa shape index (κ3) is 3.77. The second-order valence-corrected chi connectivity index (χ2v) is 4.72. The highest BCUT2D eigenvalue weighted by molar-refractivity contribution is 5.44. The summed E-state index contributed by atoms with van der Waals surface area (Å²) in [7, 11) is 0. The van der Waals surface area contributed by atoms with Crippen LogP contribution in [0.25, 0.3) is 0 Å². The van der Waals surface area contributed by atoms with Crippen LogP contribution in [0.15, 0.2) is 24.3 Å². The third-order valence-corrected chi connectivity index (χ3v) is 2.06. The Morgan fingerprint density at radius 2 is 1.86 bits per heavy atom. The van der Waals surface area contributed by atoms with Crippen molar-refractivity contribution in [1.82, 2.24) is 0 Å². The molecule has 0 amide bonds. The maximum atomic E-state index is 13.1. The summed E-state index contributed by atoms with van der Waals surface area (Å²) >= 11 is 0. The third-order valence-electron chi connectivity index (χ3n) is 2.06. The first-order valence-electron chi connectivity index (χ1n) is 4.97. The Labute approximate surface area is 85.3 Å². The predicted octanol–water partition coefficient (Wildman–Crippen LogP) is 3.67. The van der Waals surface area contributed by atoms with Gasteiger partial charge in [-0.3, -0.25) is 0 Å². The Morgan fingerprint density at radius 3 is 2.43 bits per heavy atom. The average molecular weight is 195 g/mol. The van der Waals surface area contributed by atoms with Crippen LogP contribution in [0.5, 0.6) is 0 Å². The minimum Gasteiger partial charge on any atom is -0.383 e. The van der Waals surface area contributed by atoms with Gasteiger partial charge in [-0.15, -0.1) is 0 Å². The Bertz CT molecular complexity index is 289. The molecule has 0 fully saturated rings. The monoisotopic (exact) mass is 195 g/mol. The lowest BCUT2D eigenvalue weighted by atomic mass is 9.92. The fraction of sp³-hybridized carbons (Fsp3) is 0.500. The van der Waals surface area contributed by atoms with E-state index in [9.17, 15) is 4.39 Å². The number of hydrogen-bond donors (Lipinski definition) is 1. The Balaban J connectivity index is 2.43. The van der Waals surface area contributed by atoms with Gasteiger partial charge in [-0.2, -0.15) is 0 Å². The van der Waals surface area contributed by atoms with Gasteiger partial charge in [-0.1, -0.05) is 32.9 Å². The van der Waals surface area contributed by atoms with E-state index in [2.05, 4.69) is 26.1 Å². The van der Waals surface area contributed by atoms with Crippen LogP contribution in [-0.4, -0.2) is 6.54 Å². The highest BCUT2D eigenvalue weighted by Crippen LogP contribution is 2.19. The molecule has 1 aromatic rings. The number of benzene rings is 1. The van der Waals surface area contributed by atoms with Crippen molar-refractivity contribution in [3.8, 4) is 0 Å². The van der Waals surface area contributed by atoms with Crippen LogP contribution in [0, 0.1) is 11.2 Å². The van der Waals surface area contributed by atoms with Crippen molar-refractivity contribution in [2.24, 2.45) is 5.41 Å². The minimum atomic E-state index is -0.179. The van der Waals surface area contributed by atoms with Gasteiger partial charge in [-0.25, -0.2) is 4.39 Å². The molecular weight excluding hydrogens is 177 g/mol. The van der Waals surface area contributed by atoms with Crippen molar-refractivity contribution < 1.29 is 4.39 Å². The number of halogens is 1. The maximum Gasteiger partial charge on any atom is 0.146 e. The molecule has 0 saturated heterocycles.